The zero-order chi connectivity index (χ0) is 24.4. The summed E-state index contributed by atoms with van der Waals surface area (Å²) in [6.45, 7) is 0. The Morgan fingerprint density at radius 1 is 0.943 bits per heavy atom. The summed E-state index contributed by atoms with van der Waals surface area (Å²) in [5, 5.41) is 33.2. The van der Waals surface area contributed by atoms with E-state index in [1.165, 1.54) is 29.7 Å². The quantitative estimate of drug-likeness (QED) is 0.161. The summed E-state index contributed by atoms with van der Waals surface area (Å²) < 4.78 is 1.02. The molecule has 0 radical (unpaired) electrons. The van der Waals surface area contributed by atoms with Crippen LogP contribution in [0.5, 0.6) is 11.5 Å². The number of aliphatic imine (C=N–C) groups is 1. The van der Waals surface area contributed by atoms with E-state index in [4.69, 9.17) is 0 Å². The summed E-state index contributed by atoms with van der Waals surface area (Å²) in [6.07, 6.45) is 1.84. The van der Waals surface area contributed by atoms with Gasteiger partial charge in [0.25, 0.3) is 0 Å². The number of nitro benzene ring substituents is 1. The molecule has 7 nitrogen and oxygen atoms in total. The van der Waals surface area contributed by atoms with Crippen molar-refractivity contribution in [2.24, 2.45) is 4.99 Å². The molecule has 1 heterocycles. The number of nitrogens with zero attached hydrogens (tertiary/aromatic N) is 3. The predicted molar refractivity (Wildman–Crippen MR) is 138 cm³/mol. The van der Waals surface area contributed by atoms with Gasteiger partial charge in [0.05, 0.1) is 26.4 Å². The second-order valence-corrected chi connectivity index (χ2v) is 8.95. The highest BCUT2D eigenvalue weighted by atomic mass is 32.1. The zero-order valence-corrected chi connectivity index (χ0v) is 19.1. The number of hydrogen-bond acceptors (Lipinski definition) is 7. The second kappa shape index (κ2) is 9.36. The first-order valence-electron chi connectivity index (χ1n) is 10.7. The van der Waals surface area contributed by atoms with Crippen molar-refractivity contribution in [3.05, 3.63) is 112 Å². The molecule has 5 rings (SSSR count). The number of hydrogen-bond donors (Lipinski definition) is 2. The third-order valence-electron chi connectivity index (χ3n) is 5.49. The minimum absolute atomic E-state index is 0.0201. The Morgan fingerprint density at radius 2 is 1.71 bits per heavy atom. The largest absolute Gasteiger partial charge is 0.507 e. The van der Waals surface area contributed by atoms with Crippen molar-refractivity contribution in [1.82, 2.24) is 4.98 Å². The van der Waals surface area contributed by atoms with Crippen molar-refractivity contribution in [3.8, 4) is 22.1 Å². The molecule has 4 aromatic carbocycles. The average Bonchev–Trinajstić information content (AvgIpc) is 3.28. The Balaban J connectivity index is 1.45. The minimum atomic E-state index is -0.611. The number of rotatable bonds is 6. The summed E-state index contributed by atoms with van der Waals surface area (Å²) in [7, 11) is 0. The van der Waals surface area contributed by atoms with Crippen LogP contribution < -0.4 is 0 Å². The molecule has 5 aromatic rings. The molecule has 0 bridgehead atoms. The topological polar surface area (TPSA) is 109 Å². The molecular formula is C27H19N3O4S. The van der Waals surface area contributed by atoms with Gasteiger partial charge in [-0.05, 0) is 47.9 Å². The lowest BCUT2D eigenvalue weighted by Gasteiger charge is -2.07. The average molecular weight is 482 g/mol. The zero-order valence-electron chi connectivity index (χ0n) is 18.3. The van der Waals surface area contributed by atoms with Gasteiger partial charge in [0.1, 0.15) is 10.8 Å². The van der Waals surface area contributed by atoms with Gasteiger partial charge in [0, 0.05) is 23.9 Å². The number of fused-ring (bicyclic) bond motifs is 1. The standard InChI is InChI=1S/C27H19N3O4S/c31-24-15-20(10-11-21(24)27-29-22-8-4-5-9-25(22)35-27)28-16-19-13-18(12-17-6-2-1-3-7-17)14-23(26(19)32)30(33)34/h1-11,13-16,31-32H,12H2. The molecule has 172 valence electrons. The summed E-state index contributed by atoms with van der Waals surface area (Å²) in [5.74, 6) is -0.433. The molecule has 0 spiro atoms. The molecule has 0 fully saturated rings. The van der Waals surface area contributed by atoms with Crippen LogP contribution in [0, 0.1) is 10.1 Å². The number of para-hydroxylation sites is 1. The second-order valence-electron chi connectivity index (χ2n) is 7.92. The maximum absolute atomic E-state index is 11.5. The fourth-order valence-electron chi connectivity index (χ4n) is 3.79. The van der Waals surface area contributed by atoms with Crippen LogP contribution in [0.15, 0.2) is 89.9 Å². The predicted octanol–water partition coefficient (Wildman–Crippen LogP) is 6.62. The first kappa shape index (κ1) is 22.2. The number of aromatic hydroxyl groups is 2. The normalized spacial score (nSPS) is 11.3. The first-order chi connectivity index (χ1) is 17.0. The Labute approximate surface area is 204 Å². The van der Waals surface area contributed by atoms with Crippen molar-refractivity contribution in [3.63, 3.8) is 0 Å². The van der Waals surface area contributed by atoms with Crippen LogP contribution in [0.1, 0.15) is 16.7 Å². The molecule has 1 aromatic heterocycles. The van der Waals surface area contributed by atoms with Crippen molar-refractivity contribution >= 4 is 39.1 Å². The lowest BCUT2D eigenvalue weighted by molar-refractivity contribution is -0.385. The molecule has 35 heavy (non-hydrogen) atoms. The maximum Gasteiger partial charge on any atom is 0.311 e. The van der Waals surface area contributed by atoms with Gasteiger partial charge >= 0.3 is 5.69 Å². The lowest BCUT2D eigenvalue weighted by Crippen LogP contribution is -1.97. The maximum atomic E-state index is 11.5. The van der Waals surface area contributed by atoms with Crippen LogP contribution in [-0.2, 0) is 6.42 Å². The Morgan fingerprint density at radius 3 is 2.46 bits per heavy atom. The van der Waals surface area contributed by atoms with Gasteiger partial charge in [-0.1, -0.05) is 42.5 Å². The third-order valence-corrected chi connectivity index (χ3v) is 6.55. The number of thiazole rings is 1. The number of nitro groups is 1. The van der Waals surface area contributed by atoms with E-state index in [0.29, 0.717) is 28.2 Å². The Hall–Kier alpha value is -4.56. The van der Waals surface area contributed by atoms with E-state index in [9.17, 15) is 20.3 Å². The van der Waals surface area contributed by atoms with E-state index in [-0.39, 0.29) is 17.0 Å². The molecule has 0 saturated heterocycles. The summed E-state index contributed by atoms with van der Waals surface area (Å²) >= 11 is 1.48. The Bertz CT molecular complexity index is 1550. The van der Waals surface area contributed by atoms with E-state index in [1.54, 1.807) is 18.2 Å². The van der Waals surface area contributed by atoms with Crippen LogP contribution in [0.4, 0.5) is 11.4 Å². The number of phenolic OH excluding ortho intramolecular Hbond substituents is 2. The van der Waals surface area contributed by atoms with Crippen LogP contribution in [0.25, 0.3) is 20.8 Å². The fourth-order valence-corrected chi connectivity index (χ4v) is 4.79. The molecule has 2 N–H and O–H groups in total. The van der Waals surface area contributed by atoms with E-state index in [0.717, 1.165) is 15.8 Å². The number of benzene rings is 4. The molecule has 0 unspecified atom stereocenters. The molecular weight excluding hydrogens is 462 g/mol. The minimum Gasteiger partial charge on any atom is -0.507 e. The molecule has 8 heteroatoms. The Kier molecular flexibility index (Phi) is 5.95. The van der Waals surface area contributed by atoms with Crippen LogP contribution in [0.3, 0.4) is 0 Å². The number of phenols is 2. The van der Waals surface area contributed by atoms with Gasteiger partial charge in [-0.25, -0.2) is 4.98 Å². The molecule has 0 aliphatic rings. The van der Waals surface area contributed by atoms with Gasteiger partial charge in [-0.3, -0.25) is 15.1 Å². The summed E-state index contributed by atoms with van der Waals surface area (Å²) in [5.41, 5.74) is 3.40. The molecule has 0 saturated carbocycles. The third kappa shape index (κ3) is 4.73. The summed E-state index contributed by atoms with van der Waals surface area (Å²) in [4.78, 5) is 19.8. The first-order valence-corrected chi connectivity index (χ1v) is 11.6. The number of aromatic nitrogens is 1. The highest BCUT2D eigenvalue weighted by molar-refractivity contribution is 7.21. The monoisotopic (exact) mass is 481 g/mol. The van der Waals surface area contributed by atoms with Gasteiger partial charge in [0.15, 0.2) is 0 Å². The lowest BCUT2D eigenvalue weighted by atomic mass is 10.0. The van der Waals surface area contributed by atoms with Crippen molar-refractivity contribution < 1.29 is 15.1 Å². The highest BCUT2D eigenvalue weighted by Gasteiger charge is 2.18. The van der Waals surface area contributed by atoms with E-state index in [2.05, 4.69) is 9.98 Å². The van der Waals surface area contributed by atoms with Crippen molar-refractivity contribution in [2.45, 2.75) is 6.42 Å². The van der Waals surface area contributed by atoms with Gasteiger partial charge < -0.3 is 10.2 Å². The molecule has 0 atom stereocenters. The van der Waals surface area contributed by atoms with Gasteiger partial charge in [-0.2, -0.15) is 0 Å². The SMILES string of the molecule is O=[N+]([O-])c1cc(Cc2ccccc2)cc(C=Nc2ccc(-c3nc4ccccc4s3)c(O)c2)c1O. The van der Waals surface area contributed by atoms with E-state index < -0.39 is 10.7 Å². The van der Waals surface area contributed by atoms with Crippen molar-refractivity contribution in [1.29, 1.82) is 0 Å². The smallest absolute Gasteiger partial charge is 0.311 e. The van der Waals surface area contributed by atoms with Gasteiger partial charge in [-0.15, -0.1) is 11.3 Å². The molecule has 0 amide bonds. The van der Waals surface area contributed by atoms with E-state index >= 15 is 0 Å². The van der Waals surface area contributed by atoms with Crippen LogP contribution >= 0.6 is 11.3 Å². The van der Waals surface area contributed by atoms with Crippen LogP contribution in [-0.4, -0.2) is 26.3 Å². The highest BCUT2D eigenvalue weighted by Crippen LogP contribution is 2.37. The van der Waals surface area contributed by atoms with Gasteiger partial charge in [0.2, 0.25) is 5.75 Å². The van der Waals surface area contributed by atoms with Crippen LogP contribution in [0.2, 0.25) is 0 Å². The van der Waals surface area contributed by atoms with Crippen molar-refractivity contribution in [2.75, 3.05) is 0 Å². The summed E-state index contributed by atoms with van der Waals surface area (Å²) in [6, 6.07) is 25.3. The van der Waals surface area contributed by atoms with E-state index in [1.807, 2.05) is 54.6 Å². The molecule has 0 aliphatic carbocycles. The fraction of sp³-hybridized carbons (Fsp3) is 0.0370. The molecule has 0 aliphatic heterocycles.